The Bertz CT molecular complexity index is 290. The largest absolute Gasteiger partial charge is 1.00 e. The maximum Gasteiger partial charge on any atom is 1.00 e. The van der Waals surface area contributed by atoms with Gasteiger partial charge in [0.25, 0.3) is 0 Å². The van der Waals surface area contributed by atoms with Gasteiger partial charge in [-0.2, -0.15) is 0 Å². The molecule has 200 valence electrons. The molecule has 2 heteroatoms. The Kier molecular flexibility index (Phi) is 39.4. The predicted octanol–water partition coefficient (Wildman–Crippen LogP) is 8.97. The van der Waals surface area contributed by atoms with Crippen molar-refractivity contribution >= 4 is 0 Å². The second-order valence-electron chi connectivity index (χ2n) is 10.8. The van der Waals surface area contributed by atoms with E-state index < -0.39 is 0 Å². The minimum absolute atomic E-state index is 0. The van der Waals surface area contributed by atoms with Crippen LogP contribution in [0.5, 0.6) is 0 Å². The van der Waals surface area contributed by atoms with E-state index in [-0.39, 0.29) is 29.6 Å². The van der Waals surface area contributed by atoms with Crippen molar-refractivity contribution in [3.8, 4) is 0 Å². The maximum absolute atomic E-state index is 5.85. The Morgan fingerprint density at radius 3 is 0.647 bits per heavy atom. The van der Waals surface area contributed by atoms with Crippen LogP contribution >= 0.6 is 0 Å². The molecule has 0 fully saturated rings. The Hall–Kier alpha value is 0.960. The summed E-state index contributed by atoms with van der Waals surface area (Å²) in [5.74, 6) is 0. The molecule has 0 amide bonds. The van der Waals surface area contributed by atoms with Crippen molar-refractivity contribution in [3.63, 3.8) is 0 Å². The van der Waals surface area contributed by atoms with Crippen LogP contribution in [0.2, 0.25) is 0 Å². The van der Waals surface area contributed by atoms with E-state index in [1.54, 1.807) is 0 Å². The fourth-order valence-corrected chi connectivity index (χ4v) is 4.90. The van der Waals surface area contributed by atoms with Gasteiger partial charge in [-0.1, -0.05) is 181 Å². The molecular formula is C32H66NaO+. The van der Waals surface area contributed by atoms with E-state index in [1.165, 1.54) is 180 Å². The molecule has 0 bridgehead atoms. The van der Waals surface area contributed by atoms with Crippen LogP contribution < -0.4 is 29.6 Å². The van der Waals surface area contributed by atoms with Crippen LogP contribution in [-0.2, 0) is 4.74 Å². The normalized spacial score (nSPS) is 11.1. The van der Waals surface area contributed by atoms with E-state index >= 15 is 0 Å². The molecule has 0 heterocycles. The zero-order chi connectivity index (χ0) is 23.9. The van der Waals surface area contributed by atoms with Gasteiger partial charge in [-0.15, -0.1) is 0 Å². The topological polar surface area (TPSA) is 9.23 Å². The van der Waals surface area contributed by atoms with Gasteiger partial charge in [0, 0.05) is 13.2 Å². The van der Waals surface area contributed by atoms with Crippen molar-refractivity contribution in [2.45, 2.75) is 194 Å². The molecule has 0 aliphatic heterocycles. The molecule has 0 aliphatic rings. The zero-order valence-corrected chi connectivity index (χ0v) is 26.6. The Morgan fingerprint density at radius 2 is 0.441 bits per heavy atom. The second kappa shape index (κ2) is 36.1. The van der Waals surface area contributed by atoms with Gasteiger partial charge in [0.2, 0.25) is 0 Å². The van der Waals surface area contributed by atoms with Crippen molar-refractivity contribution < 1.29 is 34.3 Å². The summed E-state index contributed by atoms with van der Waals surface area (Å²) >= 11 is 0. The molecule has 0 N–H and O–H groups in total. The number of rotatable bonds is 30. The summed E-state index contributed by atoms with van der Waals surface area (Å²) in [4.78, 5) is 0. The van der Waals surface area contributed by atoms with Crippen molar-refractivity contribution in [1.82, 2.24) is 0 Å². The van der Waals surface area contributed by atoms with E-state index in [9.17, 15) is 0 Å². The molecule has 0 aromatic carbocycles. The van der Waals surface area contributed by atoms with E-state index in [2.05, 4.69) is 13.8 Å². The second-order valence-corrected chi connectivity index (χ2v) is 10.8. The van der Waals surface area contributed by atoms with Crippen LogP contribution in [0.3, 0.4) is 0 Å². The molecule has 0 aromatic heterocycles. The minimum Gasteiger partial charge on any atom is -0.381 e. The molecular weight excluding hydrogens is 423 g/mol. The first kappa shape index (κ1) is 37.1. The van der Waals surface area contributed by atoms with Crippen LogP contribution in [0, 0.1) is 0 Å². The van der Waals surface area contributed by atoms with Gasteiger partial charge >= 0.3 is 29.6 Å². The third-order valence-electron chi connectivity index (χ3n) is 7.28. The molecule has 0 radical (unpaired) electrons. The van der Waals surface area contributed by atoms with E-state index in [0.29, 0.717) is 0 Å². The van der Waals surface area contributed by atoms with E-state index in [4.69, 9.17) is 4.74 Å². The van der Waals surface area contributed by atoms with Gasteiger partial charge < -0.3 is 4.74 Å². The Morgan fingerprint density at radius 1 is 0.265 bits per heavy atom. The average Bonchev–Trinajstić information content (AvgIpc) is 2.83. The predicted molar refractivity (Wildman–Crippen MR) is 151 cm³/mol. The first-order chi connectivity index (χ1) is 16.4. The van der Waals surface area contributed by atoms with Crippen LogP contribution in [-0.4, -0.2) is 13.2 Å². The zero-order valence-electron chi connectivity index (χ0n) is 24.6. The summed E-state index contributed by atoms with van der Waals surface area (Å²) in [6, 6.07) is 0. The van der Waals surface area contributed by atoms with Crippen LogP contribution in [0.25, 0.3) is 0 Å². The Balaban J connectivity index is 0. The summed E-state index contributed by atoms with van der Waals surface area (Å²) < 4.78 is 5.85. The molecule has 0 saturated carbocycles. The summed E-state index contributed by atoms with van der Waals surface area (Å²) in [5, 5.41) is 0. The molecule has 0 aromatic rings. The van der Waals surface area contributed by atoms with Gasteiger partial charge in [-0.05, 0) is 12.8 Å². The molecule has 0 spiro atoms. The SMILES string of the molecule is CCCCCCCCCCCCCCCCOCCCCCCCCCCCCCCCC.[Na+]. The van der Waals surface area contributed by atoms with Crippen molar-refractivity contribution in [3.05, 3.63) is 0 Å². The number of ether oxygens (including phenoxy) is 1. The molecule has 0 aliphatic carbocycles. The van der Waals surface area contributed by atoms with Gasteiger partial charge in [-0.3, -0.25) is 0 Å². The van der Waals surface area contributed by atoms with Crippen molar-refractivity contribution in [2.24, 2.45) is 0 Å². The van der Waals surface area contributed by atoms with Crippen LogP contribution in [0.15, 0.2) is 0 Å². The molecule has 0 atom stereocenters. The number of unbranched alkanes of at least 4 members (excludes halogenated alkanes) is 26. The van der Waals surface area contributed by atoms with Gasteiger partial charge in [0.05, 0.1) is 0 Å². The first-order valence-corrected chi connectivity index (χ1v) is 16.0. The number of hydrogen-bond acceptors (Lipinski definition) is 1. The Labute approximate surface area is 240 Å². The summed E-state index contributed by atoms with van der Waals surface area (Å²) in [5.41, 5.74) is 0. The average molecular weight is 490 g/mol. The monoisotopic (exact) mass is 490 g/mol. The van der Waals surface area contributed by atoms with Gasteiger partial charge in [0.15, 0.2) is 0 Å². The summed E-state index contributed by atoms with van der Waals surface area (Å²) in [6.45, 7) is 6.59. The van der Waals surface area contributed by atoms with Gasteiger partial charge in [-0.25, -0.2) is 0 Å². The molecule has 0 saturated heterocycles. The molecule has 0 rings (SSSR count). The summed E-state index contributed by atoms with van der Waals surface area (Å²) in [7, 11) is 0. The minimum atomic E-state index is 0. The van der Waals surface area contributed by atoms with E-state index in [1.807, 2.05) is 0 Å². The fraction of sp³-hybridized carbons (Fsp3) is 1.00. The molecule has 0 unspecified atom stereocenters. The van der Waals surface area contributed by atoms with Gasteiger partial charge in [0.1, 0.15) is 0 Å². The smallest absolute Gasteiger partial charge is 0.381 e. The summed E-state index contributed by atoms with van der Waals surface area (Å²) in [6.07, 6.45) is 40.1. The number of hydrogen-bond donors (Lipinski definition) is 0. The first-order valence-electron chi connectivity index (χ1n) is 16.0. The van der Waals surface area contributed by atoms with Crippen molar-refractivity contribution in [2.75, 3.05) is 13.2 Å². The van der Waals surface area contributed by atoms with Crippen LogP contribution in [0.1, 0.15) is 194 Å². The van der Waals surface area contributed by atoms with E-state index in [0.717, 1.165) is 13.2 Å². The fourth-order valence-electron chi connectivity index (χ4n) is 4.90. The molecule has 34 heavy (non-hydrogen) atoms. The maximum atomic E-state index is 5.85. The van der Waals surface area contributed by atoms with Crippen molar-refractivity contribution in [1.29, 1.82) is 0 Å². The quantitative estimate of drug-likeness (QED) is 0.0722. The third kappa shape index (κ3) is 35.1. The van der Waals surface area contributed by atoms with Crippen LogP contribution in [0.4, 0.5) is 0 Å². The third-order valence-corrected chi connectivity index (χ3v) is 7.28. The standard InChI is InChI=1S/C32H66O.Na/c1-3-5-7-9-11-13-15-17-19-21-23-25-27-29-31-33-32-30-28-26-24-22-20-18-16-14-12-10-8-6-4-2;/h3-32H2,1-2H3;/q;+1. The molecule has 1 nitrogen and oxygen atoms in total.